The zero-order chi connectivity index (χ0) is 25.3. The zero-order valence-electron chi connectivity index (χ0n) is 17.9. The van der Waals surface area contributed by atoms with Gasteiger partial charge in [0.15, 0.2) is 11.2 Å². The van der Waals surface area contributed by atoms with Crippen LogP contribution >= 0.6 is 0 Å². The van der Waals surface area contributed by atoms with Crippen LogP contribution in [0.25, 0.3) is 11.2 Å². The van der Waals surface area contributed by atoms with Crippen molar-refractivity contribution in [3.05, 3.63) is 39.4 Å². The van der Waals surface area contributed by atoms with Crippen LogP contribution in [0.3, 0.4) is 0 Å². The van der Waals surface area contributed by atoms with Crippen LogP contribution in [-0.2, 0) is 34.7 Å². The molecule has 0 aliphatic rings. The van der Waals surface area contributed by atoms with Crippen molar-refractivity contribution >= 4 is 22.9 Å². The van der Waals surface area contributed by atoms with Crippen molar-refractivity contribution < 1.29 is 78.8 Å². The molecular formula is C12H22Cl2N10O10Pt. The predicted octanol–water partition coefficient (Wildman–Crippen LogP) is -10.1. The summed E-state index contributed by atoms with van der Waals surface area (Å²) in [5.74, 6) is 0.380. The van der Waals surface area contributed by atoms with E-state index in [1.165, 1.54) is 4.57 Å². The summed E-state index contributed by atoms with van der Waals surface area (Å²) in [5, 5.41) is 0. The first-order valence-electron chi connectivity index (χ1n) is 7.65. The van der Waals surface area contributed by atoms with Crippen LogP contribution < -0.4 is 72.3 Å². The van der Waals surface area contributed by atoms with E-state index < -0.39 is 20.5 Å². The van der Waals surface area contributed by atoms with E-state index >= 15 is 0 Å². The van der Waals surface area contributed by atoms with Gasteiger partial charge >= 0.3 is 26.8 Å². The minimum absolute atomic E-state index is 0. The molecule has 0 atom stereocenters. The number of fused-ring (bicyclic) bond motifs is 1. The second-order valence-electron chi connectivity index (χ2n) is 5.16. The van der Waals surface area contributed by atoms with E-state index in [-0.39, 0.29) is 56.4 Å². The van der Waals surface area contributed by atoms with Gasteiger partial charge in [0.25, 0.3) is 5.56 Å². The summed E-state index contributed by atoms with van der Waals surface area (Å²) < 4.78 is 71.1. The second-order valence-corrected chi connectivity index (χ2v) is 6.67. The molecule has 0 radical (unpaired) electrons. The quantitative estimate of drug-likeness (QED) is 0.155. The van der Waals surface area contributed by atoms with Crippen molar-refractivity contribution in [1.29, 1.82) is 0 Å². The molecule has 0 amide bonds. The maximum atomic E-state index is 11.3. The molecule has 20 nitrogen and oxygen atoms in total. The van der Waals surface area contributed by atoms with Crippen molar-refractivity contribution in [1.82, 2.24) is 41.4 Å². The van der Waals surface area contributed by atoms with Crippen LogP contribution in [0.15, 0.2) is 28.2 Å². The van der Waals surface area contributed by atoms with E-state index in [1.807, 2.05) is 6.92 Å². The van der Waals surface area contributed by atoms with E-state index in [2.05, 4.69) is 19.9 Å². The first-order chi connectivity index (χ1) is 14.4. The maximum Gasteiger partial charge on any atom is 2.00 e. The largest absolute Gasteiger partial charge is 2.00 e. The second kappa shape index (κ2) is 17.2. The van der Waals surface area contributed by atoms with Crippen molar-refractivity contribution in [3.63, 3.8) is 0 Å². The monoisotopic (exact) mass is 731 g/mol. The zero-order valence-corrected chi connectivity index (χ0v) is 21.7. The van der Waals surface area contributed by atoms with E-state index in [4.69, 9.17) is 48.7 Å². The number of hydrogen-bond donors (Lipinski definition) is 5. The summed E-state index contributed by atoms with van der Waals surface area (Å²) in [6, 6.07) is 1.57. The fourth-order valence-corrected chi connectivity index (χ4v) is 1.68. The van der Waals surface area contributed by atoms with Gasteiger partial charge in [-0.1, -0.05) is 0 Å². The van der Waals surface area contributed by atoms with Gasteiger partial charge in [-0.25, -0.2) is 47.1 Å². The molecule has 0 saturated heterocycles. The molecule has 0 aliphatic carbocycles. The summed E-state index contributed by atoms with van der Waals surface area (Å²) in [6.07, 6.45) is 3.15. The molecule has 204 valence electrons. The van der Waals surface area contributed by atoms with E-state index in [1.54, 1.807) is 30.2 Å². The number of H-pyrrole nitrogens is 1. The smallest absolute Gasteiger partial charge is 0.383 e. The minimum Gasteiger partial charge on any atom is -0.383 e. The van der Waals surface area contributed by atoms with Gasteiger partial charge < -0.3 is 32.9 Å². The molecule has 23 heteroatoms. The van der Waals surface area contributed by atoms with Crippen molar-refractivity contribution in [2.45, 2.75) is 13.5 Å². The number of rotatable bonds is 1. The van der Waals surface area contributed by atoms with Gasteiger partial charge in [0.2, 0.25) is 5.95 Å². The number of imidazole rings is 1. The number of aryl methyl sites for hydroxylation is 2. The fraction of sp³-hybridized carbons (Fsp3) is 0.250. The summed E-state index contributed by atoms with van der Waals surface area (Å²) in [5.41, 5.74) is 10.8. The molecule has 11 N–H and O–H groups in total. The van der Waals surface area contributed by atoms with E-state index in [9.17, 15) is 9.59 Å². The Hall–Kier alpha value is -2.30. The van der Waals surface area contributed by atoms with Gasteiger partial charge in [-0.2, -0.15) is 9.97 Å². The molecule has 0 bridgehead atoms. The first kappa shape index (κ1) is 39.9. The molecule has 0 saturated carbocycles. The number of nitrogens with zero attached hydrogens (tertiary/aromatic N) is 5. The van der Waals surface area contributed by atoms with Crippen molar-refractivity contribution in [3.8, 4) is 0 Å². The third-order valence-electron chi connectivity index (χ3n) is 2.83. The normalized spacial score (nSPS) is 9.89. The van der Waals surface area contributed by atoms with Crippen molar-refractivity contribution in [2.24, 2.45) is 7.05 Å². The van der Waals surface area contributed by atoms with Gasteiger partial charge in [0, 0.05) is 19.8 Å². The van der Waals surface area contributed by atoms with Crippen LogP contribution in [0.1, 0.15) is 6.92 Å². The molecule has 0 fully saturated rings. The van der Waals surface area contributed by atoms with E-state index in [0.717, 1.165) is 0 Å². The van der Waals surface area contributed by atoms with Crippen LogP contribution in [0, 0.1) is 20.5 Å². The van der Waals surface area contributed by atoms with Gasteiger partial charge in [0.05, 0.1) is 6.33 Å². The third kappa shape index (κ3) is 19.7. The average Bonchev–Trinajstić information content (AvgIpc) is 2.99. The Balaban J connectivity index is -0.000000194. The average molecular weight is 732 g/mol. The Kier molecular flexibility index (Phi) is 19.6. The Bertz CT molecular complexity index is 1090. The number of nitrogens with one attached hydrogen (secondary N) is 1. The van der Waals surface area contributed by atoms with E-state index in [0.29, 0.717) is 17.7 Å². The summed E-state index contributed by atoms with van der Waals surface area (Å²) >= 11 is 0. The Labute approximate surface area is 214 Å². The van der Waals surface area contributed by atoms with Crippen LogP contribution in [0.2, 0.25) is 0 Å². The Morgan fingerprint density at radius 1 is 0.971 bits per heavy atom. The topological polar surface area (TPSA) is 405 Å². The standard InChI is InChI=1S/C7H9N5O.C5H7N3O.2ClHO4.2H3N.Pt/c1-2-12-3-9-4-5(12)10-7(8)11-6(4)13;1-8-3-2-4(6)7-5(8)9;2*2-1(3,4)5;;;/h3H,2H2,1H3,(H3,8,10,11,13);2-3H,1H3,(H2,6,7,9);2*(H,2,3,4,5);2*1H3;/q;;;;;;+2/p-2. The Morgan fingerprint density at radius 2 is 1.43 bits per heavy atom. The third-order valence-corrected chi connectivity index (χ3v) is 2.83. The molecule has 0 aromatic carbocycles. The minimum atomic E-state index is -4.94. The van der Waals surface area contributed by atoms with Crippen LogP contribution in [0.4, 0.5) is 11.8 Å². The number of halogens is 2. The predicted molar refractivity (Wildman–Crippen MR) is 92.2 cm³/mol. The molecule has 0 spiro atoms. The van der Waals surface area contributed by atoms with Gasteiger partial charge in [-0.3, -0.25) is 9.78 Å². The SMILES string of the molecule is CCn1cnc2c(=O)[nH]c(N)nc21.Cn1ccc(N)nc1=O.N.N.[O-][Cl+3]([O-])([O-])[O-].[O-][Cl+3]([O-])([O-])[O-].[Pt+2]. The van der Waals surface area contributed by atoms with Crippen LogP contribution in [-0.4, -0.2) is 29.1 Å². The summed E-state index contributed by atoms with van der Waals surface area (Å²) in [7, 11) is -8.27. The summed E-state index contributed by atoms with van der Waals surface area (Å²) in [6.45, 7) is 2.66. The molecular weight excluding hydrogens is 710 g/mol. The molecule has 3 aromatic heterocycles. The molecule has 35 heavy (non-hydrogen) atoms. The number of aromatic nitrogens is 6. The van der Waals surface area contributed by atoms with Crippen LogP contribution in [0.5, 0.6) is 0 Å². The molecule has 3 aromatic rings. The fourth-order valence-electron chi connectivity index (χ4n) is 1.68. The van der Waals surface area contributed by atoms with Gasteiger partial charge in [0.1, 0.15) is 5.82 Å². The van der Waals surface area contributed by atoms with Crippen molar-refractivity contribution in [2.75, 3.05) is 11.5 Å². The number of anilines is 2. The summed E-state index contributed by atoms with van der Waals surface area (Å²) in [4.78, 5) is 35.7. The number of aromatic amines is 1. The molecule has 0 unspecified atom stereocenters. The number of nitrogen functional groups attached to an aromatic ring is 2. The molecule has 3 rings (SSSR count). The van der Waals surface area contributed by atoms with Gasteiger partial charge in [-0.05, 0) is 13.0 Å². The Morgan fingerprint density at radius 3 is 1.80 bits per heavy atom. The van der Waals surface area contributed by atoms with Gasteiger partial charge in [-0.15, -0.1) is 20.5 Å². The maximum absolute atomic E-state index is 11.3. The number of nitrogens with two attached hydrogens (primary N) is 2. The first-order valence-corrected chi connectivity index (χ1v) is 10.1. The number of hydrogen-bond acceptors (Lipinski definition) is 17. The molecule has 0 aliphatic heterocycles. The molecule has 3 heterocycles.